The average Bonchev–Trinajstić information content (AvgIpc) is 3.16. The summed E-state index contributed by atoms with van der Waals surface area (Å²) < 4.78 is 38.0. The lowest BCUT2D eigenvalue weighted by atomic mass is 10.1. The summed E-state index contributed by atoms with van der Waals surface area (Å²) in [6, 6.07) is 4.60. The molecule has 1 heterocycles. The topological polar surface area (TPSA) is 75.2 Å². The molecule has 2 aromatic rings. The highest BCUT2D eigenvalue weighted by Crippen LogP contribution is 2.32. The van der Waals surface area contributed by atoms with Crippen molar-refractivity contribution in [1.29, 1.82) is 0 Å². The summed E-state index contributed by atoms with van der Waals surface area (Å²) in [6.07, 6.45) is -2.06. The van der Waals surface area contributed by atoms with Crippen LogP contribution in [-0.4, -0.2) is 40.0 Å². The molecular formula is C21H27F3N4O2S. The van der Waals surface area contributed by atoms with Crippen LogP contribution in [0.2, 0.25) is 0 Å². The first-order valence-corrected chi connectivity index (χ1v) is 11.0. The predicted molar refractivity (Wildman–Crippen MR) is 115 cm³/mol. The number of unbranched alkanes of at least 4 members (excludes halogenated alkanes) is 1. The van der Waals surface area contributed by atoms with Gasteiger partial charge in [0.1, 0.15) is 5.01 Å². The number of hydrogen-bond acceptors (Lipinski definition) is 5. The highest BCUT2D eigenvalue weighted by atomic mass is 32.1. The zero-order chi connectivity index (χ0) is 23.0. The van der Waals surface area contributed by atoms with Gasteiger partial charge in [-0.15, -0.1) is 10.2 Å². The Kier molecular flexibility index (Phi) is 8.97. The Labute approximate surface area is 183 Å². The van der Waals surface area contributed by atoms with Gasteiger partial charge in [0, 0.05) is 31.5 Å². The van der Waals surface area contributed by atoms with Gasteiger partial charge in [-0.2, -0.15) is 13.2 Å². The molecule has 0 saturated carbocycles. The Morgan fingerprint density at radius 1 is 1.13 bits per heavy atom. The molecule has 10 heteroatoms. The zero-order valence-corrected chi connectivity index (χ0v) is 18.6. The van der Waals surface area contributed by atoms with Gasteiger partial charge in [-0.1, -0.05) is 50.7 Å². The molecule has 170 valence electrons. The van der Waals surface area contributed by atoms with Crippen LogP contribution in [0, 0.1) is 5.92 Å². The van der Waals surface area contributed by atoms with Crippen LogP contribution < -0.4 is 5.32 Å². The minimum absolute atomic E-state index is 0.0452. The van der Waals surface area contributed by atoms with Crippen molar-refractivity contribution in [2.24, 2.45) is 5.92 Å². The van der Waals surface area contributed by atoms with Gasteiger partial charge in [-0.05, 0) is 24.5 Å². The van der Waals surface area contributed by atoms with Crippen molar-refractivity contribution in [3.63, 3.8) is 0 Å². The standard InChI is InChI=1S/C21H27F3N4O2S/c1-4-5-6-18(30)28(13-14(2)3)12-11-17(29)25-20-27-26-19(31-20)15-7-9-16(10-8-15)21(22,23)24/h7-10,14H,4-6,11-13H2,1-3H3,(H,25,27,29). The first-order valence-electron chi connectivity index (χ1n) is 10.2. The Hall–Kier alpha value is -2.49. The van der Waals surface area contributed by atoms with E-state index in [9.17, 15) is 22.8 Å². The normalized spacial score (nSPS) is 11.6. The van der Waals surface area contributed by atoms with E-state index in [1.807, 2.05) is 20.8 Å². The van der Waals surface area contributed by atoms with Gasteiger partial charge in [-0.3, -0.25) is 9.59 Å². The van der Waals surface area contributed by atoms with E-state index in [0.717, 1.165) is 36.3 Å². The SMILES string of the molecule is CCCCC(=O)N(CCC(=O)Nc1nnc(-c2ccc(C(F)(F)F)cc2)s1)CC(C)C. The third kappa shape index (κ3) is 7.93. The second-order valence-electron chi connectivity index (χ2n) is 7.62. The van der Waals surface area contributed by atoms with Crippen molar-refractivity contribution in [1.82, 2.24) is 15.1 Å². The number of alkyl halides is 3. The molecule has 31 heavy (non-hydrogen) atoms. The number of aromatic nitrogens is 2. The highest BCUT2D eigenvalue weighted by molar-refractivity contribution is 7.18. The largest absolute Gasteiger partial charge is 0.416 e. The molecule has 0 fully saturated rings. The number of amides is 2. The Morgan fingerprint density at radius 2 is 1.81 bits per heavy atom. The zero-order valence-electron chi connectivity index (χ0n) is 17.8. The molecule has 0 aliphatic heterocycles. The molecule has 0 atom stereocenters. The van der Waals surface area contributed by atoms with Crippen molar-refractivity contribution < 1.29 is 22.8 Å². The maximum atomic E-state index is 12.7. The van der Waals surface area contributed by atoms with E-state index in [2.05, 4.69) is 15.5 Å². The molecule has 1 aromatic heterocycles. The van der Waals surface area contributed by atoms with E-state index >= 15 is 0 Å². The molecule has 2 amide bonds. The van der Waals surface area contributed by atoms with Crippen LogP contribution >= 0.6 is 11.3 Å². The summed E-state index contributed by atoms with van der Waals surface area (Å²) in [5.74, 6) is 0.0408. The number of anilines is 1. The summed E-state index contributed by atoms with van der Waals surface area (Å²) >= 11 is 1.07. The van der Waals surface area contributed by atoms with Gasteiger partial charge in [0.25, 0.3) is 0 Å². The van der Waals surface area contributed by atoms with Crippen molar-refractivity contribution in [2.75, 3.05) is 18.4 Å². The number of hydrogen-bond donors (Lipinski definition) is 1. The number of rotatable bonds is 10. The third-order valence-electron chi connectivity index (χ3n) is 4.42. The molecule has 2 rings (SSSR count). The second-order valence-corrected chi connectivity index (χ2v) is 8.60. The van der Waals surface area contributed by atoms with E-state index in [1.165, 1.54) is 12.1 Å². The molecule has 0 aliphatic carbocycles. The molecule has 1 aromatic carbocycles. The fourth-order valence-electron chi connectivity index (χ4n) is 2.86. The minimum atomic E-state index is -4.40. The molecule has 0 unspecified atom stereocenters. The minimum Gasteiger partial charge on any atom is -0.342 e. The van der Waals surface area contributed by atoms with Gasteiger partial charge in [-0.25, -0.2) is 0 Å². The van der Waals surface area contributed by atoms with E-state index in [1.54, 1.807) is 4.90 Å². The predicted octanol–water partition coefficient (Wildman–Crippen LogP) is 5.23. The molecule has 0 radical (unpaired) electrons. The summed E-state index contributed by atoms with van der Waals surface area (Å²) in [5, 5.41) is 11.1. The summed E-state index contributed by atoms with van der Waals surface area (Å²) in [4.78, 5) is 26.4. The van der Waals surface area contributed by atoms with Crippen molar-refractivity contribution >= 4 is 28.3 Å². The molecule has 0 saturated heterocycles. The van der Waals surface area contributed by atoms with Gasteiger partial charge < -0.3 is 10.2 Å². The average molecular weight is 457 g/mol. The van der Waals surface area contributed by atoms with Crippen LogP contribution in [-0.2, 0) is 15.8 Å². The van der Waals surface area contributed by atoms with Crippen molar-refractivity contribution in [2.45, 2.75) is 52.6 Å². The molecular weight excluding hydrogens is 429 g/mol. The van der Waals surface area contributed by atoms with Crippen LogP contribution in [0.15, 0.2) is 24.3 Å². The maximum absolute atomic E-state index is 12.7. The smallest absolute Gasteiger partial charge is 0.342 e. The number of nitrogens with one attached hydrogen (secondary N) is 1. The lowest BCUT2D eigenvalue weighted by Gasteiger charge is -2.24. The summed E-state index contributed by atoms with van der Waals surface area (Å²) in [6.45, 7) is 6.96. The molecule has 0 bridgehead atoms. The van der Waals surface area contributed by atoms with Gasteiger partial charge in [0.15, 0.2) is 0 Å². The number of benzene rings is 1. The monoisotopic (exact) mass is 456 g/mol. The Bertz CT molecular complexity index is 866. The first-order chi connectivity index (χ1) is 14.6. The van der Waals surface area contributed by atoms with Crippen molar-refractivity contribution in [3.8, 4) is 10.6 Å². The lowest BCUT2D eigenvalue weighted by molar-refractivity contribution is -0.137. The van der Waals surface area contributed by atoms with Crippen LogP contribution in [0.4, 0.5) is 18.3 Å². The van der Waals surface area contributed by atoms with Gasteiger partial charge >= 0.3 is 6.18 Å². The van der Waals surface area contributed by atoms with Crippen LogP contribution in [0.1, 0.15) is 52.0 Å². The number of carbonyl (C=O) groups is 2. The van der Waals surface area contributed by atoms with Gasteiger partial charge in [0.05, 0.1) is 5.56 Å². The summed E-state index contributed by atoms with van der Waals surface area (Å²) in [5.41, 5.74) is -0.260. The van der Waals surface area contributed by atoms with Crippen molar-refractivity contribution in [3.05, 3.63) is 29.8 Å². The Balaban J connectivity index is 1.93. The van der Waals surface area contributed by atoms with Crippen LogP contribution in [0.3, 0.4) is 0 Å². The lowest BCUT2D eigenvalue weighted by Crippen LogP contribution is -2.36. The van der Waals surface area contributed by atoms with Gasteiger partial charge in [0.2, 0.25) is 16.9 Å². The number of nitrogens with zero attached hydrogens (tertiary/aromatic N) is 3. The highest BCUT2D eigenvalue weighted by Gasteiger charge is 2.30. The third-order valence-corrected chi connectivity index (χ3v) is 5.31. The summed E-state index contributed by atoms with van der Waals surface area (Å²) in [7, 11) is 0. The molecule has 0 aliphatic rings. The van der Waals surface area contributed by atoms with E-state index in [-0.39, 0.29) is 23.4 Å². The van der Waals surface area contributed by atoms with Crippen LogP contribution in [0.5, 0.6) is 0 Å². The second kappa shape index (κ2) is 11.2. The fourth-order valence-corrected chi connectivity index (χ4v) is 3.62. The number of halogens is 3. The van der Waals surface area contributed by atoms with E-state index in [0.29, 0.717) is 36.0 Å². The first kappa shape index (κ1) is 24.8. The fraction of sp³-hybridized carbons (Fsp3) is 0.524. The van der Waals surface area contributed by atoms with Crippen LogP contribution in [0.25, 0.3) is 10.6 Å². The van der Waals surface area contributed by atoms with E-state index < -0.39 is 11.7 Å². The quantitative estimate of drug-likeness (QED) is 0.531. The number of carbonyl (C=O) groups excluding carboxylic acids is 2. The molecule has 6 nitrogen and oxygen atoms in total. The van der Waals surface area contributed by atoms with E-state index in [4.69, 9.17) is 0 Å². The maximum Gasteiger partial charge on any atom is 0.416 e. The molecule has 1 N–H and O–H groups in total. The Morgan fingerprint density at radius 3 is 2.39 bits per heavy atom. The molecule has 0 spiro atoms.